The average molecular weight is 218 g/mol. The average Bonchev–Trinajstić information content (AvgIpc) is 2.60. The van der Waals surface area contributed by atoms with Crippen LogP contribution in [-0.4, -0.2) is 49.1 Å². The zero-order valence-electron chi connectivity index (χ0n) is 8.58. The lowest BCUT2D eigenvalue weighted by Gasteiger charge is -2.38. The highest BCUT2D eigenvalue weighted by molar-refractivity contribution is 5.62. The maximum atomic E-state index is 10.9. The molecule has 86 valence electrons. The van der Waals surface area contributed by atoms with Gasteiger partial charge in [-0.15, -0.1) is 0 Å². The first-order valence-electron chi connectivity index (χ1n) is 4.91. The Morgan fingerprint density at radius 1 is 1.40 bits per heavy atom. The lowest BCUT2D eigenvalue weighted by Crippen LogP contribution is -2.56. The summed E-state index contributed by atoms with van der Waals surface area (Å²) in [5, 5.41) is 9.58. The zero-order chi connectivity index (χ0) is 11.0. The van der Waals surface area contributed by atoms with Crippen LogP contribution in [0.2, 0.25) is 0 Å². The van der Waals surface area contributed by atoms with Crippen LogP contribution in [0, 0.1) is 0 Å². The van der Waals surface area contributed by atoms with Gasteiger partial charge in [-0.3, -0.25) is 0 Å². The third-order valence-electron chi connectivity index (χ3n) is 2.75. The quantitative estimate of drug-likeness (QED) is 0.659. The number of aliphatic hydroxyl groups is 1. The molecule has 0 radical (unpaired) electrons. The van der Waals surface area contributed by atoms with Gasteiger partial charge in [0.25, 0.3) is 0 Å². The molecule has 0 aromatic heterocycles. The third-order valence-corrected chi connectivity index (χ3v) is 2.75. The lowest BCUT2D eigenvalue weighted by atomic mass is 9.97. The van der Waals surface area contributed by atoms with Crippen molar-refractivity contribution in [2.24, 2.45) is 0 Å². The molecule has 0 aliphatic carbocycles. The molecular weight excluding hydrogens is 204 g/mol. The second kappa shape index (κ2) is 3.96. The molecule has 2 rings (SSSR count). The molecular formula is C9H14O6. The molecule has 0 amide bonds. The van der Waals surface area contributed by atoms with Gasteiger partial charge in [0, 0.05) is 7.11 Å². The van der Waals surface area contributed by atoms with Crippen LogP contribution in [0.15, 0.2) is 0 Å². The van der Waals surface area contributed by atoms with E-state index in [-0.39, 0.29) is 6.10 Å². The third kappa shape index (κ3) is 1.68. The predicted octanol–water partition coefficient (Wildman–Crippen LogP) is 0.0326. The molecule has 1 unspecified atom stereocenters. The maximum Gasteiger partial charge on any atom is 0.509 e. The van der Waals surface area contributed by atoms with Gasteiger partial charge in [-0.05, 0) is 6.42 Å². The molecule has 0 saturated carbocycles. The summed E-state index contributed by atoms with van der Waals surface area (Å²) in [4.78, 5) is 10.9. The first-order valence-corrected chi connectivity index (χ1v) is 4.91. The van der Waals surface area contributed by atoms with E-state index in [0.717, 1.165) is 0 Å². The number of carbonyl (C=O) groups is 1. The van der Waals surface area contributed by atoms with Gasteiger partial charge < -0.3 is 24.1 Å². The second-order valence-corrected chi connectivity index (χ2v) is 3.59. The van der Waals surface area contributed by atoms with Crippen molar-refractivity contribution in [3.63, 3.8) is 0 Å². The fourth-order valence-electron chi connectivity index (χ4n) is 2.02. The van der Waals surface area contributed by atoms with Gasteiger partial charge in [0.2, 0.25) is 0 Å². The number of hydrogen-bond donors (Lipinski definition) is 1. The summed E-state index contributed by atoms with van der Waals surface area (Å²) in [5.41, 5.74) is 0. The minimum Gasteiger partial charge on any atom is -0.424 e. The molecule has 2 fully saturated rings. The Kier molecular flexibility index (Phi) is 2.81. The van der Waals surface area contributed by atoms with E-state index in [1.165, 1.54) is 7.11 Å². The molecule has 2 saturated heterocycles. The van der Waals surface area contributed by atoms with Crippen molar-refractivity contribution >= 4 is 6.16 Å². The Balaban J connectivity index is 2.18. The van der Waals surface area contributed by atoms with E-state index in [2.05, 4.69) is 0 Å². The van der Waals surface area contributed by atoms with E-state index in [1.807, 2.05) is 6.92 Å². The Bertz CT molecular complexity index is 255. The van der Waals surface area contributed by atoms with Crippen LogP contribution in [0.4, 0.5) is 4.79 Å². The number of methoxy groups -OCH3 is 1. The Morgan fingerprint density at radius 2 is 2.07 bits per heavy atom. The van der Waals surface area contributed by atoms with Gasteiger partial charge in [0.05, 0.1) is 6.10 Å². The highest BCUT2D eigenvalue weighted by Crippen LogP contribution is 2.32. The van der Waals surface area contributed by atoms with Crippen molar-refractivity contribution in [3.05, 3.63) is 0 Å². The zero-order valence-corrected chi connectivity index (χ0v) is 8.58. The van der Waals surface area contributed by atoms with E-state index in [0.29, 0.717) is 6.42 Å². The summed E-state index contributed by atoms with van der Waals surface area (Å²) < 4.78 is 20.2. The fraction of sp³-hybridized carbons (Fsp3) is 0.889. The molecule has 0 aromatic rings. The number of hydrogen-bond acceptors (Lipinski definition) is 6. The van der Waals surface area contributed by atoms with Gasteiger partial charge in [0.1, 0.15) is 6.10 Å². The normalized spacial score (nSPS) is 44.5. The molecule has 6 heteroatoms. The van der Waals surface area contributed by atoms with Crippen LogP contribution >= 0.6 is 0 Å². The number of rotatable bonds is 2. The van der Waals surface area contributed by atoms with Crippen molar-refractivity contribution < 1.29 is 28.8 Å². The van der Waals surface area contributed by atoms with Crippen LogP contribution in [0.3, 0.4) is 0 Å². The number of ether oxygens (including phenoxy) is 4. The van der Waals surface area contributed by atoms with Crippen LogP contribution in [-0.2, 0) is 18.9 Å². The Hall–Kier alpha value is -0.850. The van der Waals surface area contributed by atoms with Gasteiger partial charge in [-0.25, -0.2) is 4.79 Å². The Labute approximate surface area is 87.1 Å². The number of carbonyl (C=O) groups excluding carboxylic acids is 1. The standard InChI is InChI=1S/C9H14O6/c1-3-4-5(12-2)6-7(8(10)13-4)15-9(11)14-6/h4-8,10H,3H2,1-2H3/t4-,5-,6+,7+,8?/m0/s1. The SMILES string of the molecule is CC[C@@H]1OC(O)[C@@H]2OC(=O)O[C@@H]2[C@H]1OC. The van der Waals surface area contributed by atoms with Crippen LogP contribution in [0.25, 0.3) is 0 Å². The molecule has 2 aliphatic heterocycles. The number of aliphatic hydroxyl groups excluding tert-OH is 1. The van der Waals surface area contributed by atoms with Crippen LogP contribution in [0.1, 0.15) is 13.3 Å². The van der Waals surface area contributed by atoms with E-state index >= 15 is 0 Å². The first kappa shape index (κ1) is 10.7. The van der Waals surface area contributed by atoms with E-state index in [9.17, 15) is 9.90 Å². The summed E-state index contributed by atoms with van der Waals surface area (Å²) in [5.74, 6) is 0. The van der Waals surface area contributed by atoms with Crippen molar-refractivity contribution in [1.29, 1.82) is 0 Å². The Morgan fingerprint density at radius 3 is 2.67 bits per heavy atom. The fourth-order valence-corrected chi connectivity index (χ4v) is 2.02. The summed E-state index contributed by atoms with van der Waals surface area (Å²) >= 11 is 0. The molecule has 6 nitrogen and oxygen atoms in total. The lowest BCUT2D eigenvalue weighted by molar-refractivity contribution is -0.260. The molecule has 0 aromatic carbocycles. The molecule has 0 bridgehead atoms. The van der Waals surface area contributed by atoms with Crippen LogP contribution in [0.5, 0.6) is 0 Å². The molecule has 2 aliphatic rings. The van der Waals surface area contributed by atoms with E-state index in [4.69, 9.17) is 18.9 Å². The highest BCUT2D eigenvalue weighted by atomic mass is 16.8. The predicted molar refractivity (Wildman–Crippen MR) is 47.1 cm³/mol. The van der Waals surface area contributed by atoms with Crippen molar-refractivity contribution in [2.75, 3.05) is 7.11 Å². The van der Waals surface area contributed by atoms with Gasteiger partial charge in [-0.1, -0.05) is 6.92 Å². The number of fused-ring (bicyclic) bond motifs is 1. The summed E-state index contributed by atoms with van der Waals surface area (Å²) in [6, 6.07) is 0. The van der Waals surface area contributed by atoms with Crippen LogP contribution < -0.4 is 0 Å². The van der Waals surface area contributed by atoms with Gasteiger partial charge in [-0.2, -0.15) is 0 Å². The molecule has 1 N–H and O–H groups in total. The van der Waals surface area contributed by atoms with Gasteiger partial charge >= 0.3 is 6.16 Å². The first-order chi connectivity index (χ1) is 7.17. The van der Waals surface area contributed by atoms with Crippen molar-refractivity contribution in [1.82, 2.24) is 0 Å². The van der Waals surface area contributed by atoms with Gasteiger partial charge in [0.15, 0.2) is 18.5 Å². The summed E-state index contributed by atoms with van der Waals surface area (Å²) in [6.45, 7) is 1.90. The second-order valence-electron chi connectivity index (χ2n) is 3.59. The highest BCUT2D eigenvalue weighted by Gasteiger charge is 2.53. The van der Waals surface area contributed by atoms with E-state index < -0.39 is 30.8 Å². The molecule has 5 atom stereocenters. The molecule has 15 heavy (non-hydrogen) atoms. The van der Waals surface area contributed by atoms with Crippen molar-refractivity contribution in [2.45, 2.75) is 44.1 Å². The minimum atomic E-state index is -1.14. The molecule has 2 heterocycles. The van der Waals surface area contributed by atoms with Crippen molar-refractivity contribution in [3.8, 4) is 0 Å². The minimum absolute atomic E-state index is 0.291. The maximum absolute atomic E-state index is 10.9. The largest absolute Gasteiger partial charge is 0.509 e. The monoisotopic (exact) mass is 218 g/mol. The summed E-state index contributed by atoms with van der Waals surface area (Å²) in [6.07, 6.45) is -3.32. The smallest absolute Gasteiger partial charge is 0.424 e. The van der Waals surface area contributed by atoms with E-state index in [1.54, 1.807) is 0 Å². The topological polar surface area (TPSA) is 74.2 Å². The summed E-state index contributed by atoms with van der Waals surface area (Å²) in [7, 11) is 1.51. The molecule has 0 spiro atoms.